The van der Waals surface area contributed by atoms with Crippen LogP contribution in [-0.4, -0.2) is 19.1 Å². The summed E-state index contributed by atoms with van der Waals surface area (Å²) in [5.74, 6) is 0.296. The number of aromatic nitrogens is 1. The zero-order valence-corrected chi connectivity index (χ0v) is 12.6. The Balaban J connectivity index is 2.99. The highest BCUT2D eigenvalue weighted by Gasteiger charge is 2.36. The molecular weight excluding hydrogens is 337 g/mol. The largest absolute Gasteiger partial charge is 0.494 e. The van der Waals surface area contributed by atoms with Gasteiger partial charge in [0, 0.05) is 28.2 Å². The molecule has 2 aromatic rings. The lowest BCUT2D eigenvalue weighted by Gasteiger charge is -2.18. The molecule has 0 radical (unpaired) electrons. The van der Waals surface area contributed by atoms with Crippen LogP contribution in [0.3, 0.4) is 0 Å². The maximum absolute atomic E-state index is 13.1. The van der Waals surface area contributed by atoms with E-state index in [1.165, 1.54) is 14.0 Å². The van der Waals surface area contributed by atoms with E-state index < -0.39 is 11.9 Å². The summed E-state index contributed by atoms with van der Waals surface area (Å²) in [4.78, 5) is 3.77. The molecule has 0 atom stereocenters. The number of alkyl halides is 3. The Morgan fingerprint density at radius 3 is 2.45 bits per heavy atom. The number of hydrogen-bond acceptors (Lipinski definition) is 3. The van der Waals surface area contributed by atoms with Crippen molar-refractivity contribution in [1.29, 1.82) is 0 Å². The van der Waals surface area contributed by atoms with Crippen molar-refractivity contribution < 1.29 is 17.9 Å². The van der Waals surface area contributed by atoms with E-state index >= 15 is 0 Å². The van der Waals surface area contributed by atoms with Gasteiger partial charge < -0.3 is 10.1 Å². The second-order valence-corrected chi connectivity index (χ2v) is 5.04. The van der Waals surface area contributed by atoms with Crippen molar-refractivity contribution in [2.24, 2.45) is 0 Å². The number of pyridine rings is 1. The minimum absolute atomic E-state index is 0.0569. The normalized spacial score (nSPS) is 11.8. The summed E-state index contributed by atoms with van der Waals surface area (Å²) in [5, 5.41) is 3.38. The Kier molecular flexibility index (Phi) is 3.82. The third kappa shape index (κ3) is 2.30. The average Bonchev–Trinajstić information content (AvgIpc) is 2.37. The van der Waals surface area contributed by atoms with Gasteiger partial charge in [-0.05, 0) is 19.1 Å². The standard InChI is InChI=1S/C13H12BrF3N2O/c1-6-10(18-2)9-7(14)4-5-8(20-3)11(9)19-12(6)13(15,16)17/h4-5H,1-3H3,(H,18,19). The lowest BCUT2D eigenvalue weighted by Crippen LogP contribution is -2.13. The van der Waals surface area contributed by atoms with E-state index in [2.05, 4.69) is 26.2 Å². The number of fused-ring (bicyclic) bond motifs is 1. The van der Waals surface area contributed by atoms with E-state index in [1.54, 1.807) is 19.2 Å². The molecular formula is C13H12BrF3N2O. The van der Waals surface area contributed by atoms with Crippen molar-refractivity contribution in [1.82, 2.24) is 4.98 Å². The van der Waals surface area contributed by atoms with E-state index in [0.717, 1.165) is 0 Å². The van der Waals surface area contributed by atoms with Gasteiger partial charge in [0.15, 0.2) is 0 Å². The summed E-state index contributed by atoms with van der Waals surface area (Å²) in [6, 6.07) is 3.30. The molecule has 7 heteroatoms. The number of ether oxygens (including phenoxy) is 1. The molecule has 0 aliphatic rings. The first-order valence-electron chi connectivity index (χ1n) is 5.73. The Morgan fingerprint density at radius 1 is 1.30 bits per heavy atom. The molecule has 0 aliphatic carbocycles. The average molecular weight is 349 g/mol. The molecule has 0 fully saturated rings. The monoisotopic (exact) mass is 348 g/mol. The quantitative estimate of drug-likeness (QED) is 0.874. The molecule has 1 heterocycles. The third-order valence-corrected chi connectivity index (χ3v) is 3.69. The summed E-state index contributed by atoms with van der Waals surface area (Å²) in [6.45, 7) is 1.40. The molecule has 0 unspecified atom stereocenters. The van der Waals surface area contributed by atoms with Crippen molar-refractivity contribution >= 4 is 32.5 Å². The molecule has 0 amide bonds. The highest BCUT2D eigenvalue weighted by atomic mass is 79.9. The molecule has 3 nitrogen and oxygen atoms in total. The van der Waals surface area contributed by atoms with Crippen molar-refractivity contribution in [2.45, 2.75) is 13.1 Å². The molecule has 0 bridgehead atoms. The Morgan fingerprint density at radius 2 is 1.95 bits per heavy atom. The van der Waals surface area contributed by atoms with Crippen LogP contribution in [0.5, 0.6) is 5.75 Å². The Labute approximate surface area is 122 Å². The molecule has 0 saturated carbocycles. The van der Waals surface area contributed by atoms with Gasteiger partial charge in [0.1, 0.15) is 17.0 Å². The molecule has 0 aliphatic heterocycles. The first-order valence-corrected chi connectivity index (χ1v) is 6.52. The van der Waals surface area contributed by atoms with E-state index in [9.17, 15) is 13.2 Å². The zero-order chi connectivity index (χ0) is 15.1. The highest BCUT2D eigenvalue weighted by Crippen LogP contribution is 2.41. The zero-order valence-electron chi connectivity index (χ0n) is 11.0. The lowest BCUT2D eigenvalue weighted by molar-refractivity contribution is -0.141. The first-order chi connectivity index (χ1) is 9.31. The maximum Gasteiger partial charge on any atom is 0.433 e. The molecule has 0 spiro atoms. The highest BCUT2D eigenvalue weighted by molar-refractivity contribution is 9.10. The van der Waals surface area contributed by atoms with Crippen LogP contribution in [0.25, 0.3) is 10.9 Å². The van der Waals surface area contributed by atoms with Gasteiger partial charge >= 0.3 is 6.18 Å². The Hall–Kier alpha value is -1.50. The predicted octanol–water partition coefficient (Wildman–Crippen LogP) is 4.37. The number of methoxy groups -OCH3 is 1. The summed E-state index contributed by atoms with van der Waals surface area (Å²) in [7, 11) is 2.98. The fourth-order valence-electron chi connectivity index (χ4n) is 2.15. The van der Waals surface area contributed by atoms with Gasteiger partial charge in [0.05, 0.1) is 7.11 Å². The van der Waals surface area contributed by atoms with Gasteiger partial charge in [0.25, 0.3) is 0 Å². The summed E-state index contributed by atoms with van der Waals surface area (Å²) >= 11 is 3.34. The van der Waals surface area contributed by atoms with Crippen molar-refractivity contribution in [3.8, 4) is 5.75 Å². The molecule has 20 heavy (non-hydrogen) atoms. The summed E-state index contributed by atoms with van der Waals surface area (Å²) in [6.07, 6.45) is -4.52. The lowest BCUT2D eigenvalue weighted by atomic mass is 10.1. The molecule has 108 valence electrons. The smallest absolute Gasteiger partial charge is 0.433 e. The van der Waals surface area contributed by atoms with E-state index in [4.69, 9.17) is 4.74 Å². The van der Waals surface area contributed by atoms with Crippen molar-refractivity contribution in [3.05, 3.63) is 27.9 Å². The van der Waals surface area contributed by atoms with E-state index in [0.29, 0.717) is 21.3 Å². The number of hydrogen-bond donors (Lipinski definition) is 1. The van der Waals surface area contributed by atoms with Gasteiger partial charge in [-0.1, -0.05) is 15.9 Å². The van der Waals surface area contributed by atoms with Crippen LogP contribution in [0.4, 0.5) is 18.9 Å². The minimum atomic E-state index is -4.52. The van der Waals surface area contributed by atoms with E-state index in [1.807, 2.05) is 0 Å². The number of halogens is 4. The van der Waals surface area contributed by atoms with Crippen LogP contribution < -0.4 is 10.1 Å². The number of benzene rings is 1. The van der Waals surface area contributed by atoms with Crippen LogP contribution in [-0.2, 0) is 6.18 Å². The van der Waals surface area contributed by atoms with Gasteiger partial charge in [-0.3, -0.25) is 0 Å². The molecule has 2 rings (SSSR count). The van der Waals surface area contributed by atoms with Gasteiger partial charge in [-0.25, -0.2) is 4.98 Å². The number of nitrogens with zero attached hydrogens (tertiary/aromatic N) is 1. The van der Waals surface area contributed by atoms with Crippen LogP contribution in [0.1, 0.15) is 11.3 Å². The van der Waals surface area contributed by atoms with Gasteiger partial charge in [-0.2, -0.15) is 13.2 Å². The number of anilines is 1. The van der Waals surface area contributed by atoms with Crippen LogP contribution in [0.2, 0.25) is 0 Å². The second kappa shape index (κ2) is 5.12. The van der Waals surface area contributed by atoms with Crippen LogP contribution in [0.15, 0.2) is 16.6 Å². The van der Waals surface area contributed by atoms with Gasteiger partial charge in [0.2, 0.25) is 0 Å². The number of rotatable bonds is 2. The summed E-state index contributed by atoms with van der Waals surface area (Å²) < 4.78 is 45.0. The number of nitrogens with one attached hydrogen (secondary N) is 1. The molecule has 0 saturated heterocycles. The van der Waals surface area contributed by atoms with Gasteiger partial charge in [-0.15, -0.1) is 0 Å². The van der Waals surface area contributed by atoms with Crippen molar-refractivity contribution in [3.63, 3.8) is 0 Å². The van der Waals surface area contributed by atoms with Crippen LogP contribution in [0, 0.1) is 6.92 Å². The van der Waals surface area contributed by atoms with Crippen molar-refractivity contribution in [2.75, 3.05) is 19.5 Å². The topological polar surface area (TPSA) is 34.2 Å². The van der Waals surface area contributed by atoms with E-state index in [-0.39, 0.29) is 11.1 Å². The second-order valence-electron chi connectivity index (χ2n) is 4.18. The summed E-state index contributed by atoms with van der Waals surface area (Å²) in [5.41, 5.74) is -0.301. The predicted molar refractivity (Wildman–Crippen MR) is 75.3 cm³/mol. The first kappa shape index (κ1) is 14.9. The minimum Gasteiger partial charge on any atom is -0.494 e. The Bertz CT molecular complexity index is 671. The fraction of sp³-hybridized carbons (Fsp3) is 0.308. The maximum atomic E-state index is 13.1. The third-order valence-electron chi connectivity index (χ3n) is 3.03. The molecule has 1 aromatic heterocycles. The van der Waals surface area contributed by atoms with Crippen LogP contribution >= 0.6 is 15.9 Å². The fourth-order valence-corrected chi connectivity index (χ4v) is 2.67. The molecule has 1 aromatic carbocycles. The molecule has 1 N–H and O–H groups in total. The SMILES string of the molecule is CNc1c(C)c(C(F)(F)F)nc2c(OC)ccc(Br)c12.